The molecule has 0 aliphatic carbocycles. The number of esters is 3. The van der Waals surface area contributed by atoms with Gasteiger partial charge in [0.1, 0.15) is 13.2 Å². The van der Waals surface area contributed by atoms with Crippen LogP contribution in [0.1, 0.15) is 258 Å². The Labute approximate surface area is 395 Å². The van der Waals surface area contributed by atoms with E-state index in [0.717, 1.165) is 77.0 Å². The lowest BCUT2D eigenvalue weighted by molar-refractivity contribution is -0.166. The fourth-order valence-electron chi connectivity index (χ4n) is 7.47. The van der Waals surface area contributed by atoms with Gasteiger partial charge in [0.15, 0.2) is 6.10 Å². The van der Waals surface area contributed by atoms with Crippen molar-refractivity contribution in [3.63, 3.8) is 0 Å². The third kappa shape index (κ3) is 49.9. The molecule has 0 amide bonds. The zero-order valence-electron chi connectivity index (χ0n) is 42.0. The van der Waals surface area contributed by atoms with Gasteiger partial charge >= 0.3 is 17.9 Å². The number of carbonyl (C=O) groups excluding carboxylic acids is 3. The number of carbonyl (C=O) groups is 3. The van der Waals surface area contributed by atoms with E-state index in [1.54, 1.807) is 0 Å². The minimum Gasteiger partial charge on any atom is -0.462 e. The molecule has 0 bridgehead atoms. The zero-order valence-corrected chi connectivity index (χ0v) is 42.0. The molecule has 0 aromatic carbocycles. The van der Waals surface area contributed by atoms with Crippen molar-refractivity contribution in [2.75, 3.05) is 13.2 Å². The Bertz CT molecular complexity index is 1210. The first kappa shape index (κ1) is 60.9. The van der Waals surface area contributed by atoms with Crippen LogP contribution in [0.5, 0.6) is 0 Å². The molecule has 0 aromatic rings. The summed E-state index contributed by atoms with van der Waals surface area (Å²) in [6.45, 7) is 6.46. The van der Waals surface area contributed by atoms with Gasteiger partial charge in [0, 0.05) is 19.3 Å². The van der Waals surface area contributed by atoms with E-state index in [2.05, 4.69) is 87.6 Å². The van der Waals surface area contributed by atoms with Crippen molar-refractivity contribution in [1.29, 1.82) is 0 Å². The molecule has 6 heteroatoms. The van der Waals surface area contributed by atoms with Crippen LogP contribution in [0.25, 0.3) is 0 Å². The maximum atomic E-state index is 12.8. The highest BCUT2D eigenvalue weighted by Gasteiger charge is 2.19. The van der Waals surface area contributed by atoms with E-state index in [0.29, 0.717) is 19.3 Å². The predicted molar refractivity (Wildman–Crippen MR) is 274 cm³/mol. The van der Waals surface area contributed by atoms with Crippen molar-refractivity contribution in [2.24, 2.45) is 0 Å². The predicted octanol–water partition coefficient (Wildman–Crippen LogP) is 17.8. The minimum absolute atomic E-state index is 0.0957. The summed E-state index contributed by atoms with van der Waals surface area (Å²) in [5, 5.41) is 0. The first-order chi connectivity index (χ1) is 31.5. The highest BCUT2D eigenvalue weighted by Crippen LogP contribution is 2.16. The number of allylic oxidation sites excluding steroid dienone is 12. The second kappa shape index (κ2) is 52.5. The third-order valence-electron chi connectivity index (χ3n) is 11.5. The van der Waals surface area contributed by atoms with E-state index in [4.69, 9.17) is 14.2 Å². The molecule has 64 heavy (non-hydrogen) atoms. The number of hydrogen-bond acceptors (Lipinski definition) is 6. The zero-order chi connectivity index (χ0) is 46.5. The van der Waals surface area contributed by atoms with Gasteiger partial charge in [-0.15, -0.1) is 0 Å². The Morgan fingerprint density at radius 3 is 0.953 bits per heavy atom. The molecule has 0 radical (unpaired) electrons. The van der Waals surface area contributed by atoms with Crippen molar-refractivity contribution in [1.82, 2.24) is 0 Å². The Hall–Kier alpha value is -3.15. The summed E-state index contributed by atoms with van der Waals surface area (Å²) >= 11 is 0. The van der Waals surface area contributed by atoms with Gasteiger partial charge in [0.2, 0.25) is 0 Å². The van der Waals surface area contributed by atoms with Crippen LogP contribution in [0.3, 0.4) is 0 Å². The summed E-state index contributed by atoms with van der Waals surface area (Å²) in [6, 6.07) is 0. The smallest absolute Gasteiger partial charge is 0.306 e. The van der Waals surface area contributed by atoms with Gasteiger partial charge in [-0.1, -0.05) is 254 Å². The van der Waals surface area contributed by atoms with Crippen molar-refractivity contribution in [3.8, 4) is 0 Å². The molecule has 0 aliphatic heterocycles. The normalized spacial score (nSPS) is 12.6. The number of hydrogen-bond donors (Lipinski definition) is 0. The molecule has 0 saturated heterocycles. The van der Waals surface area contributed by atoms with E-state index < -0.39 is 6.10 Å². The standard InChI is InChI=1S/C58H100O6/c1-4-7-10-13-16-19-21-23-25-27-29-31-32-34-36-39-42-45-48-51-57(60)63-54-55(53-62-56(59)50-47-44-41-38-18-15-12-9-6-3)64-58(61)52-49-46-43-40-37-35-33-30-28-26-24-22-20-17-14-11-8-5-2/h7,10,16,19,23,25,29,31,34,36,42,45,55H,4-6,8-9,11-15,17-18,20-22,24,26-28,30,32-33,35,37-41,43-44,46-54H2,1-3H3/b10-7-,19-16-,25-23-,31-29-,36-34-,45-42-. The Morgan fingerprint density at radius 2 is 0.609 bits per heavy atom. The van der Waals surface area contributed by atoms with Gasteiger partial charge in [-0.3, -0.25) is 14.4 Å². The average molecular weight is 893 g/mol. The van der Waals surface area contributed by atoms with Gasteiger partial charge in [0.05, 0.1) is 0 Å². The van der Waals surface area contributed by atoms with Crippen molar-refractivity contribution < 1.29 is 28.6 Å². The maximum absolute atomic E-state index is 12.8. The molecular formula is C58H100O6. The Kier molecular flexibility index (Phi) is 49.9. The second-order valence-corrected chi connectivity index (χ2v) is 17.8. The Balaban J connectivity index is 4.40. The van der Waals surface area contributed by atoms with Gasteiger partial charge in [-0.25, -0.2) is 0 Å². The molecule has 0 rings (SSSR count). The molecule has 6 nitrogen and oxygen atoms in total. The van der Waals surface area contributed by atoms with Crippen LogP contribution in [0.15, 0.2) is 72.9 Å². The summed E-state index contributed by atoms with van der Waals surface area (Å²) in [4.78, 5) is 37.9. The van der Waals surface area contributed by atoms with Gasteiger partial charge in [-0.2, -0.15) is 0 Å². The molecule has 368 valence electrons. The molecule has 0 heterocycles. The maximum Gasteiger partial charge on any atom is 0.306 e. The van der Waals surface area contributed by atoms with Crippen LogP contribution < -0.4 is 0 Å². The van der Waals surface area contributed by atoms with E-state index in [1.807, 2.05) is 6.08 Å². The number of rotatable bonds is 48. The fourth-order valence-corrected chi connectivity index (χ4v) is 7.47. The molecule has 0 N–H and O–H groups in total. The van der Waals surface area contributed by atoms with E-state index in [-0.39, 0.29) is 37.5 Å². The first-order valence-corrected chi connectivity index (χ1v) is 26.9. The van der Waals surface area contributed by atoms with Crippen LogP contribution >= 0.6 is 0 Å². The highest BCUT2D eigenvalue weighted by atomic mass is 16.6. The lowest BCUT2D eigenvalue weighted by Gasteiger charge is -2.18. The summed E-state index contributed by atoms with van der Waals surface area (Å²) in [7, 11) is 0. The number of unbranched alkanes of at least 4 members (excludes halogenated alkanes) is 25. The quantitative estimate of drug-likeness (QED) is 0.0262. The molecule has 0 aromatic heterocycles. The van der Waals surface area contributed by atoms with Crippen molar-refractivity contribution in [2.45, 2.75) is 264 Å². The van der Waals surface area contributed by atoms with Gasteiger partial charge < -0.3 is 14.2 Å². The van der Waals surface area contributed by atoms with Crippen LogP contribution in [-0.2, 0) is 28.6 Å². The molecule has 0 spiro atoms. The van der Waals surface area contributed by atoms with Gasteiger partial charge in [0.25, 0.3) is 0 Å². The SMILES string of the molecule is CC/C=C\C/C=C\C/C=C\C/C=C\C/C=C\C/C=C\CCC(=O)OCC(COC(=O)CCCCCCCCCCC)OC(=O)CCCCCCCCCCCCCCCCCCCC. The third-order valence-corrected chi connectivity index (χ3v) is 11.5. The van der Waals surface area contributed by atoms with Gasteiger partial charge in [-0.05, 0) is 57.8 Å². The van der Waals surface area contributed by atoms with Crippen molar-refractivity contribution in [3.05, 3.63) is 72.9 Å². The van der Waals surface area contributed by atoms with Crippen LogP contribution in [0.4, 0.5) is 0 Å². The first-order valence-electron chi connectivity index (χ1n) is 26.9. The summed E-state index contributed by atoms with van der Waals surface area (Å²) < 4.78 is 16.7. The highest BCUT2D eigenvalue weighted by molar-refractivity contribution is 5.71. The summed E-state index contributed by atoms with van der Waals surface area (Å²) in [5.41, 5.74) is 0. The second-order valence-electron chi connectivity index (χ2n) is 17.8. The molecule has 1 unspecified atom stereocenters. The minimum atomic E-state index is -0.801. The lowest BCUT2D eigenvalue weighted by Crippen LogP contribution is -2.30. The van der Waals surface area contributed by atoms with Crippen LogP contribution in [0.2, 0.25) is 0 Å². The van der Waals surface area contributed by atoms with Crippen LogP contribution in [-0.4, -0.2) is 37.2 Å². The fraction of sp³-hybridized carbons (Fsp3) is 0.741. The largest absolute Gasteiger partial charge is 0.462 e. The van der Waals surface area contributed by atoms with E-state index in [1.165, 1.54) is 135 Å². The van der Waals surface area contributed by atoms with E-state index >= 15 is 0 Å². The lowest BCUT2D eigenvalue weighted by atomic mass is 10.0. The molecule has 1 atom stereocenters. The average Bonchev–Trinajstić information content (AvgIpc) is 3.29. The molecule has 0 saturated carbocycles. The monoisotopic (exact) mass is 893 g/mol. The Morgan fingerprint density at radius 1 is 0.328 bits per heavy atom. The van der Waals surface area contributed by atoms with Crippen LogP contribution in [0, 0.1) is 0 Å². The summed E-state index contributed by atoms with van der Waals surface area (Å²) in [5.74, 6) is -0.980. The topological polar surface area (TPSA) is 78.9 Å². The molecular weight excluding hydrogens is 793 g/mol. The molecule has 0 fully saturated rings. The molecule has 0 aliphatic rings. The van der Waals surface area contributed by atoms with E-state index in [9.17, 15) is 14.4 Å². The summed E-state index contributed by atoms with van der Waals surface area (Å²) in [6.07, 6.45) is 66.2. The number of ether oxygens (including phenoxy) is 3. The van der Waals surface area contributed by atoms with Crippen molar-refractivity contribution >= 4 is 17.9 Å².